The van der Waals surface area contributed by atoms with Crippen LogP contribution in [0.2, 0.25) is 0 Å². The van der Waals surface area contributed by atoms with Gasteiger partial charge in [-0.15, -0.1) is 0 Å². The molecule has 2 aliphatic heterocycles. The first kappa shape index (κ1) is 30.0. The maximum absolute atomic E-state index is 13.3. The zero-order chi connectivity index (χ0) is 29.3. The number of carbonyl (C=O) groups is 2. The Morgan fingerprint density at radius 2 is 1.52 bits per heavy atom. The van der Waals surface area contributed by atoms with Gasteiger partial charge in [-0.3, -0.25) is 9.69 Å². The van der Waals surface area contributed by atoms with Crippen LogP contribution in [-0.2, 0) is 39.4 Å². The Hall–Kier alpha value is -2.97. The first-order valence-electron chi connectivity index (χ1n) is 13.6. The highest BCUT2D eigenvalue weighted by Gasteiger charge is 2.43. The summed E-state index contributed by atoms with van der Waals surface area (Å²) in [7, 11) is 1.15. The number of nitrogens with zero attached hydrogens (tertiary/aromatic N) is 8. The van der Waals surface area contributed by atoms with Crippen molar-refractivity contribution in [2.75, 3.05) is 47.3 Å². The van der Waals surface area contributed by atoms with Crippen LogP contribution in [0.4, 0.5) is 4.79 Å². The van der Waals surface area contributed by atoms with Gasteiger partial charge in [-0.25, -0.2) is 18.7 Å². The van der Waals surface area contributed by atoms with Gasteiger partial charge in [0.1, 0.15) is 23.8 Å². The Morgan fingerprint density at radius 1 is 0.950 bits per heavy atom. The summed E-state index contributed by atoms with van der Waals surface area (Å²) in [5.74, 6) is 1.15. The van der Waals surface area contributed by atoms with Crippen LogP contribution in [0.15, 0.2) is 24.8 Å². The maximum atomic E-state index is 13.3. The highest BCUT2D eigenvalue weighted by molar-refractivity contribution is 7.87. The van der Waals surface area contributed by atoms with Crippen LogP contribution in [0.5, 0.6) is 0 Å². The Morgan fingerprint density at radius 3 is 2.15 bits per heavy atom. The molecule has 4 heterocycles. The van der Waals surface area contributed by atoms with Crippen molar-refractivity contribution in [2.45, 2.75) is 65.3 Å². The second-order valence-electron chi connectivity index (χ2n) is 12.1. The van der Waals surface area contributed by atoms with Crippen LogP contribution in [-0.4, -0.2) is 111 Å². The van der Waals surface area contributed by atoms with E-state index >= 15 is 0 Å². The van der Waals surface area contributed by atoms with Gasteiger partial charge in [-0.2, -0.15) is 12.7 Å². The normalized spacial score (nSPS) is 17.8. The number of amides is 2. The molecule has 13 nitrogen and oxygen atoms in total. The molecule has 0 unspecified atom stereocenters. The fraction of sp³-hybridized carbons (Fsp3) is 0.692. The molecule has 0 atom stereocenters. The Bertz CT molecular complexity index is 1300. The monoisotopic (exact) mass is 578 g/mol. The summed E-state index contributed by atoms with van der Waals surface area (Å²) < 4.78 is 34.8. The number of likely N-dealkylation sites (tertiary alicyclic amines) is 2. The van der Waals surface area contributed by atoms with Gasteiger partial charge in [0.25, 0.3) is 0 Å². The molecule has 2 amide bonds. The van der Waals surface area contributed by atoms with Gasteiger partial charge in [0.05, 0.1) is 13.1 Å². The molecule has 1 spiro atoms. The summed E-state index contributed by atoms with van der Waals surface area (Å²) in [5.41, 5.74) is -0.473. The number of piperidine rings is 1. The molecule has 0 aliphatic carbocycles. The van der Waals surface area contributed by atoms with Crippen molar-refractivity contribution in [2.24, 2.45) is 5.41 Å². The third kappa shape index (κ3) is 6.84. The number of hydrogen-bond acceptors (Lipinski definition) is 8. The average molecular weight is 579 g/mol. The average Bonchev–Trinajstić information content (AvgIpc) is 3.60. The molecular formula is C26H42N8O5S. The van der Waals surface area contributed by atoms with Crippen LogP contribution < -0.4 is 0 Å². The lowest BCUT2D eigenvalue weighted by molar-refractivity contribution is -0.131. The van der Waals surface area contributed by atoms with E-state index in [4.69, 9.17) is 4.74 Å². The second kappa shape index (κ2) is 11.5. The predicted octanol–water partition coefficient (Wildman–Crippen LogP) is 1.62. The van der Waals surface area contributed by atoms with Gasteiger partial charge in [0.2, 0.25) is 5.91 Å². The molecule has 2 fully saturated rings. The van der Waals surface area contributed by atoms with Crippen LogP contribution in [0.25, 0.3) is 0 Å². The predicted molar refractivity (Wildman–Crippen MR) is 148 cm³/mol. The summed E-state index contributed by atoms with van der Waals surface area (Å²) in [5, 5.41) is 0. The van der Waals surface area contributed by atoms with Crippen molar-refractivity contribution in [1.82, 2.24) is 37.5 Å². The van der Waals surface area contributed by atoms with E-state index in [0.29, 0.717) is 44.4 Å². The molecule has 2 aromatic heterocycles. The number of carbonyl (C=O) groups excluding carboxylic acids is 2. The van der Waals surface area contributed by atoms with Gasteiger partial charge in [-0.1, -0.05) is 0 Å². The highest BCUT2D eigenvalue weighted by atomic mass is 32.2. The standard InChI is InChI=1S/C26H42N8O5S/c1-25(2,3)39-24(36)31-12-7-26(8-13-31)9-14-33(20-26)23(35)19-32-15-10-27-21(32)17-30(6)18-22-28-11-16-34(22)40(37,38)29(4)5/h10-11,15-16H,7-9,12-14,17-20H2,1-6H3. The van der Waals surface area contributed by atoms with Crippen molar-refractivity contribution >= 4 is 22.2 Å². The molecule has 2 saturated heterocycles. The molecule has 40 heavy (non-hydrogen) atoms. The van der Waals surface area contributed by atoms with Gasteiger partial charge < -0.3 is 19.1 Å². The SMILES string of the molecule is CN(Cc1nccn1CC(=O)N1CCC2(CCN(C(=O)OC(C)(C)C)CC2)C1)Cc1nccn1S(=O)(=O)N(C)C. The molecule has 0 aromatic carbocycles. The van der Waals surface area contributed by atoms with E-state index in [9.17, 15) is 18.0 Å². The van der Waals surface area contributed by atoms with Gasteiger partial charge >= 0.3 is 16.3 Å². The van der Waals surface area contributed by atoms with E-state index in [-0.39, 0.29) is 30.5 Å². The van der Waals surface area contributed by atoms with E-state index < -0.39 is 15.8 Å². The largest absolute Gasteiger partial charge is 0.444 e. The van der Waals surface area contributed by atoms with Crippen molar-refractivity contribution in [3.8, 4) is 0 Å². The van der Waals surface area contributed by atoms with Crippen molar-refractivity contribution in [3.63, 3.8) is 0 Å². The smallest absolute Gasteiger partial charge is 0.410 e. The number of rotatable bonds is 8. The molecule has 0 radical (unpaired) electrons. The summed E-state index contributed by atoms with van der Waals surface area (Å²) >= 11 is 0. The van der Waals surface area contributed by atoms with Crippen LogP contribution in [0.1, 0.15) is 51.7 Å². The summed E-state index contributed by atoms with van der Waals surface area (Å²) in [6.45, 7) is 9.19. The summed E-state index contributed by atoms with van der Waals surface area (Å²) in [6, 6.07) is 0. The zero-order valence-electron chi connectivity index (χ0n) is 24.4. The molecule has 14 heteroatoms. The van der Waals surface area contributed by atoms with Crippen LogP contribution in [0.3, 0.4) is 0 Å². The molecule has 0 bridgehead atoms. The minimum Gasteiger partial charge on any atom is -0.444 e. The Balaban J connectivity index is 1.31. The van der Waals surface area contributed by atoms with Crippen molar-refractivity contribution in [1.29, 1.82) is 0 Å². The fourth-order valence-electron chi connectivity index (χ4n) is 5.29. The molecule has 0 saturated carbocycles. The van der Waals surface area contributed by atoms with Crippen molar-refractivity contribution in [3.05, 3.63) is 36.4 Å². The van der Waals surface area contributed by atoms with E-state index in [1.54, 1.807) is 17.3 Å². The summed E-state index contributed by atoms with van der Waals surface area (Å²) in [4.78, 5) is 40.0. The minimum atomic E-state index is -3.67. The molecule has 2 aliphatic rings. The Kier molecular flexibility index (Phi) is 8.62. The van der Waals surface area contributed by atoms with Gasteiger partial charge in [0, 0.05) is 65.1 Å². The first-order valence-corrected chi connectivity index (χ1v) is 15.0. The zero-order valence-corrected chi connectivity index (χ0v) is 25.2. The van der Waals surface area contributed by atoms with E-state index in [1.807, 2.05) is 42.2 Å². The molecule has 222 valence electrons. The van der Waals surface area contributed by atoms with Gasteiger partial charge in [0.15, 0.2) is 0 Å². The molecular weight excluding hydrogens is 536 g/mol. The third-order valence-electron chi connectivity index (χ3n) is 7.59. The van der Waals surface area contributed by atoms with Crippen LogP contribution >= 0.6 is 0 Å². The number of aromatic nitrogens is 4. The topological polar surface area (TPSA) is 126 Å². The van der Waals surface area contributed by atoms with Crippen molar-refractivity contribution < 1.29 is 22.7 Å². The van der Waals surface area contributed by atoms with E-state index in [1.165, 1.54) is 30.5 Å². The number of hydrogen-bond donors (Lipinski definition) is 0. The maximum Gasteiger partial charge on any atom is 0.410 e. The second-order valence-corrected chi connectivity index (χ2v) is 14.1. The fourth-order valence-corrected chi connectivity index (χ4v) is 6.22. The molecule has 0 N–H and O–H groups in total. The molecule has 4 rings (SSSR count). The summed E-state index contributed by atoms with van der Waals surface area (Å²) in [6.07, 6.45) is 8.75. The molecule has 2 aromatic rings. The number of imidazole rings is 2. The number of ether oxygens (including phenoxy) is 1. The third-order valence-corrected chi connectivity index (χ3v) is 9.34. The lowest BCUT2D eigenvalue weighted by Crippen LogP contribution is -2.46. The first-order chi connectivity index (χ1) is 18.7. The van der Waals surface area contributed by atoms with Crippen LogP contribution in [0, 0.1) is 5.41 Å². The quantitative estimate of drug-likeness (QED) is 0.463. The van der Waals surface area contributed by atoms with E-state index in [2.05, 4.69) is 9.97 Å². The lowest BCUT2D eigenvalue weighted by atomic mass is 9.78. The van der Waals surface area contributed by atoms with Gasteiger partial charge in [-0.05, 0) is 52.5 Å². The minimum absolute atomic E-state index is 0.0426. The Labute approximate surface area is 236 Å². The van der Waals surface area contributed by atoms with E-state index in [0.717, 1.165) is 23.6 Å². The lowest BCUT2D eigenvalue weighted by Gasteiger charge is -2.39. The highest BCUT2D eigenvalue weighted by Crippen LogP contribution is 2.40.